The number of benzene rings is 1. The van der Waals surface area contributed by atoms with Gasteiger partial charge in [0.2, 0.25) is 5.88 Å². The summed E-state index contributed by atoms with van der Waals surface area (Å²) in [5.41, 5.74) is 0.333. The van der Waals surface area contributed by atoms with Gasteiger partial charge in [0.15, 0.2) is 5.13 Å². The molecule has 0 aliphatic heterocycles. The number of hydrogen-bond acceptors (Lipinski definition) is 7. The van der Waals surface area contributed by atoms with Crippen LogP contribution in [0.4, 0.5) is 18.3 Å². The van der Waals surface area contributed by atoms with Crippen molar-refractivity contribution in [3.63, 3.8) is 0 Å². The Morgan fingerprint density at radius 3 is 2.71 bits per heavy atom. The van der Waals surface area contributed by atoms with E-state index in [0.717, 1.165) is 30.2 Å². The van der Waals surface area contributed by atoms with Crippen LogP contribution in [0, 0.1) is 11.3 Å². The Balaban J connectivity index is 1.63. The number of anilines is 1. The van der Waals surface area contributed by atoms with Crippen LogP contribution in [0.3, 0.4) is 0 Å². The summed E-state index contributed by atoms with van der Waals surface area (Å²) < 4.78 is 72.3. The summed E-state index contributed by atoms with van der Waals surface area (Å²) in [6.07, 6.45) is -1.41. The van der Waals surface area contributed by atoms with Gasteiger partial charge in [0.05, 0.1) is 16.2 Å². The molecule has 0 bridgehead atoms. The lowest BCUT2D eigenvalue weighted by molar-refractivity contribution is -0.143. The standard InChI is InChI=1S/C18H14F3N5O3S2/c19-18(20,21)10-26-16(8-14(24-26)11-1-2-11)29-15-4-3-13(7-12(15)9-22)31(27,28)25-17-23-5-6-30-17/h3-8,11H,1-2,10H2,(H,23,25). The van der Waals surface area contributed by atoms with Gasteiger partial charge in [-0.05, 0) is 31.0 Å². The predicted molar refractivity (Wildman–Crippen MR) is 104 cm³/mol. The lowest BCUT2D eigenvalue weighted by atomic mass is 10.2. The van der Waals surface area contributed by atoms with Gasteiger partial charge in [-0.3, -0.25) is 4.72 Å². The van der Waals surface area contributed by atoms with Crippen molar-refractivity contribution in [3.8, 4) is 17.7 Å². The molecule has 31 heavy (non-hydrogen) atoms. The molecule has 1 aliphatic rings. The van der Waals surface area contributed by atoms with Crippen LogP contribution in [-0.4, -0.2) is 29.4 Å². The second kappa shape index (κ2) is 7.86. The van der Waals surface area contributed by atoms with Gasteiger partial charge in [0, 0.05) is 23.6 Å². The van der Waals surface area contributed by atoms with E-state index in [1.807, 2.05) is 6.07 Å². The maximum Gasteiger partial charge on any atom is 0.408 e. The van der Waals surface area contributed by atoms with Crippen molar-refractivity contribution in [1.29, 1.82) is 5.26 Å². The summed E-state index contributed by atoms with van der Waals surface area (Å²) in [4.78, 5) is 3.63. The smallest absolute Gasteiger partial charge is 0.408 e. The third-order valence-corrected chi connectivity index (χ3v) is 6.49. The van der Waals surface area contributed by atoms with Crippen molar-refractivity contribution >= 4 is 26.5 Å². The first-order chi connectivity index (χ1) is 14.6. The van der Waals surface area contributed by atoms with E-state index in [4.69, 9.17) is 4.74 Å². The number of nitrogens with one attached hydrogen (secondary N) is 1. The van der Waals surface area contributed by atoms with E-state index in [0.29, 0.717) is 10.4 Å². The van der Waals surface area contributed by atoms with E-state index >= 15 is 0 Å². The van der Waals surface area contributed by atoms with E-state index in [-0.39, 0.29) is 33.1 Å². The minimum atomic E-state index is -4.51. The zero-order chi connectivity index (χ0) is 22.2. The molecule has 1 aliphatic carbocycles. The second-order valence-electron chi connectivity index (χ2n) is 6.77. The Morgan fingerprint density at radius 2 is 2.10 bits per heavy atom. The molecular formula is C18H14F3N5O3S2. The van der Waals surface area contributed by atoms with Gasteiger partial charge in [-0.1, -0.05) is 0 Å². The van der Waals surface area contributed by atoms with Crippen LogP contribution < -0.4 is 9.46 Å². The van der Waals surface area contributed by atoms with Crippen molar-refractivity contribution in [2.75, 3.05) is 4.72 Å². The first-order valence-corrected chi connectivity index (χ1v) is 11.3. The fraction of sp³-hybridized carbons (Fsp3) is 0.278. The lowest BCUT2D eigenvalue weighted by Gasteiger charge is -2.12. The number of halogens is 3. The zero-order valence-corrected chi connectivity index (χ0v) is 17.3. The molecule has 4 rings (SSSR count). The lowest BCUT2D eigenvalue weighted by Crippen LogP contribution is -2.19. The first-order valence-electron chi connectivity index (χ1n) is 8.93. The molecule has 0 radical (unpaired) electrons. The number of sulfonamides is 1. The minimum Gasteiger partial charge on any atom is -0.438 e. The molecule has 1 saturated carbocycles. The van der Waals surface area contributed by atoms with E-state index in [1.54, 1.807) is 5.38 Å². The average molecular weight is 469 g/mol. The summed E-state index contributed by atoms with van der Waals surface area (Å²) >= 11 is 1.08. The predicted octanol–water partition coefficient (Wildman–Crippen LogP) is 4.24. The number of rotatable bonds is 7. The fourth-order valence-corrected chi connectivity index (χ4v) is 4.59. The summed E-state index contributed by atoms with van der Waals surface area (Å²) in [5, 5.41) is 15.2. The Labute approximate surface area is 179 Å². The van der Waals surface area contributed by atoms with Gasteiger partial charge < -0.3 is 4.74 Å². The number of thiazole rings is 1. The molecule has 0 saturated heterocycles. The van der Waals surface area contributed by atoms with Gasteiger partial charge >= 0.3 is 6.18 Å². The molecule has 1 aromatic carbocycles. The molecule has 0 spiro atoms. The Hall–Kier alpha value is -3.11. The Bertz CT molecular complexity index is 1240. The molecule has 162 valence electrons. The number of nitriles is 1. The van der Waals surface area contributed by atoms with Crippen molar-refractivity contribution in [1.82, 2.24) is 14.8 Å². The third kappa shape index (κ3) is 4.97. The van der Waals surface area contributed by atoms with E-state index in [2.05, 4.69) is 14.8 Å². The molecule has 2 aromatic heterocycles. The molecule has 2 heterocycles. The van der Waals surface area contributed by atoms with Crippen LogP contribution in [-0.2, 0) is 16.6 Å². The maximum absolute atomic E-state index is 12.9. The normalized spacial score (nSPS) is 14.3. The van der Waals surface area contributed by atoms with Crippen LogP contribution in [0.2, 0.25) is 0 Å². The van der Waals surface area contributed by atoms with Crippen LogP contribution in [0.15, 0.2) is 40.7 Å². The largest absolute Gasteiger partial charge is 0.438 e. The molecule has 0 amide bonds. The van der Waals surface area contributed by atoms with Crippen LogP contribution in [0.1, 0.15) is 30.0 Å². The van der Waals surface area contributed by atoms with Gasteiger partial charge in [-0.25, -0.2) is 18.1 Å². The monoisotopic (exact) mass is 469 g/mol. The van der Waals surface area contributed by atoms with E-state index < -0.39 is 22.7 Å². The van der Waals surface area contributed by atoms with Crippen LogP contribution >= 0.6 is 11.3 Å². The molecule has 0 atom stereocenters. The van der Waals surface area contributed by atoms with Gasteiger partial charge in [0.1, 0.15) is 18.4 Å². The Morgan fingerprint density at radius 1 is 1.32 bits per heavy atom. The van der Waals surface area contributed by atoms with E-state index in [1.165, 1.54) is 24.4 Å². The van der Waals surface area contributed by atoms with Crippen molar-refractivity contribution in [2.45, 2.75) is 36.4 Å². The molecule has 3 aromatic rings. The SMILES string of the molecule is N#Cc1cc(S(=O)(=O)Nc2nccs2)ccc1Oc1cc(C2CC2)nn1CC(F)(F)F. The quantitative estimate of drug-likeness (QED) is 0.554. The highest BCUT2D eigenvalue weighted by Crippen LogP contribution is 2.41. The number of nitrogens with zero attached hydrogens (tertiary/aromatic N) is 4. The summed E-state index contributed by atoms with van der Waals surface area (Å²) in [7, 11) is -4.01. The van der Waals surface area contributed by atoms with Crippen molar-refractivity contribution in [2.24, 2.45) is 0 Å². The number of hydrogen-bond donors (Lipinski definition) is 1. The molecular weight excluding hydrogens is 455 g/mol. The highest BCUT2D eigenvalue weighted by atomic mass is 32.2. The fourth-order valence-electron chi connectivity index (χ4n) is 2.78. The summed E-state index contributed by atoms with van der Waals surface area (Å²) in [6.45, 7) is -1.35. The number of ether oxygens (including phenoxy) is 1. The first kappa shape index (κ1) is 21.1. The molecule has 13 heteroatoms. The van der Waals surface area contributed by atoms with Gasteiger partial charge in [-0.2, -0.15) is 23.5 Å². The number of alkyl halides is 3. The number of aromatic nitrogens is 3. The Kier molecular flexibility index (Phi) is 5.36. The highest BCUT2D eigenvalue weighted by molar-refractivity contribution is 7.93. The second-order valence-corrected chi connectivity index (χ2v) is 9.35. The summed E-state index contributed by atoms with van der Waals surface area (Å²) in [6, 6.07) is 6.72. The van der Waals surface area contributed by atoms with Crippen LogP contribution in [0.5, 0.6) is 11.6 Å². The third-order valence-electron chi connectivity index (χ3n) is 4.34. The van der Waals surface area contributed by atoms with Gasteiger partial charge in [0.25, 0.3) is 10.0 Å². The maximum atomic E-state index is 12.9. The average Bonchev–Trinajstić information content (AvgIpc) is 3.30. The minimum absolute atomic E-state index is 0.0821. The van der Waals surface area contributed by atoms with E-state index in [9.17, 15) is 26.9 Å². The molecule has 1 fully saturated rings. The van der Waals surface area contributed by atoms with Crippen molar-refractivity contribution < 1.29 is 26.3 Å². The molecule has 0 unspecified atom stereocenters. The molecule has 8 nitrogen and oxygen atoms in total. The zero-order valence-electron chi connectivity index (χ0n) is 15.6. The van der Waals surface area contributed by atoms with Gasteiger partial charge in [-0.15, -0.1) is 11.3 Å². The van der Waals surface area contributed by atoms with Crippen LogP contribution in [0.25, 0.3) is 0 Å². The summed E-state index contributed by atoms with van der Waals surface area (Å²) in [5.74, 6) is -0.162. The topological polar surface area (TPSA) is 110 Å². The van der Waals surface area contributed by atoms with Crippen molar-refractivity contribution in [3.05, 3.63) is 47.1 Å². The molecule has 1 N–H and O–H groups in total. The highest BCUT2D eigenvalue weighted by Gasteiger charge is 2.33.